The number of benzene rings is 3. The second-order valence-corrected chi connectivity index (χ2v) is 7.83. The highest BCUT2D eigenvalue weighted by Crippen LogP contribution is 2.19. The Morgan fingerprint density at radius 3 is 1.86 bits per heavy atom. The van der Waals surface area contributed by atoms with E-state index in [0.717, 1.165) is 17.0 Å². The summed E-state index contributed by atoms with van der Waals surface area (Å²) in [6.07, 6.45) is 0. The van der Waals surface area contributed by atoms with Gasteiger partial charge in [0.05, 0.1) is 12.1 Å². The molecule has 0 fully saturated rings. The lowest BCUT2D eigenvalue weighted by molar-refractivity contribution is -0.122. The van der Waals surface area contributed by atoms with Crippen LogP contribution in [0.3, 0.4) is 0 Å². The van der Waals surface area contributed by atoms with Gasteiger partial charge in [-0.1, -0.05) is 42.5 Å². The van der Waals surface area contributed by atoms with E-state index >= 15 is 0 Å². The zero-order valence-electron chi connectivity index (χ0n) is 19.8. The fourth-order valence-electron chi connectivity index (χ4n) is 2.95. The van der Waals surface area contributed by atoms with Crippen molar-refractivity contribution in [2.75, 3.05) is 23.8 Å². The number of rotatable bonds is 11. The summed E-state index contributed by atoms with van der Waals surface area (Å²) in [7, 11) is 0. The zero-order valence-corrected chi connectivity index (χ0v) is 19.8. The van der Waals surface area contributed by atoms with Gasteiger partial charge in [-0.3, -0.25) is 9.59 Å². The Bertz CT molecular complexity index is 1070. The van der Waals surface area contributed by atoms with Crippen LogP contribution in [-0.4, -0.2) is 52.2 Å². The number of ether oxygens (including phenoxy) is 1. The van der Waals surface area contributed by atoms with Gasteiger partial charge in [-0.05, 0) is 43.7 Å². The molecule has 0 amide bonds. The largest absolute Gasteiger partial charge is 0.508 e. The molecule has 0 bridgehead atoms. The first-order valence-electron chi connectivity index (χ1n) is 11.2. The Morgan fingerprint density at radius 1 is 0.771 bits per heavy atom. The minimum atomic E-state index is -0.479. The molecular weight excluding hydrogens is 448 g/mol. The molecule has 186 valence electrons. The topological polar surface area (TPSA) is 128 Å². The van der Waals surface area contributed by atoms with Crippen molar-refractivity contribution >= 4 is 22.9 Å². The van der Waals surface area contributed by atoms with Crippen LogP contribution in [-0.2, 0) is 16.2 Å². The summed E-state index contributed by atoms with van der Waals surface area (Å²) in [4.78, 5) is 22.4. The van der Waals surface area contributed by atoms with Gasteiger partial charge in [-0.15, -0.1) is 0 Å². The van der Waals surface area contributed by atoms with Crippen LogP contribution in [0, 0.1) is 0 Å². The molecule has 2 atom stereocenters. The second-order valence-electron chi connectivity index (χ2n) is 7.83. The fourth-order valence-corrected chi connectivity index (χ4v) is 2.95. The number of carbonyl (C=O) groups excluding carboxylic acids is 2. The molecule has 3 rings (SSSR count). The molecule has 3 aromatic rings. The van der Waals surface area contributed by atoms with Gasteiger partial charge in [0, 0.05) is 23.5 Å². The highest BCUT2D eigenvalue weighted by Gasteiger charge is 2.12. The van der Waals surface area contributed by atoms with Crippen molar-refractivity contribution < 1.29 is 29.6 Å². The highest BCUT2D eigenvalue weighted by atomic mass is 16.5. The van der Waals surface area contributed by atoms with E-state index in [-0.39, 0.29) is 17.3 Å². The van der Waals surface area contributed by atoms with Crippen molar-refractivity contribution in [2.24, 2.45) is 0 Å². The molecule has 0 aliphatic heterocycles. The van der Waals surface area contributed by atoms with Gasteiger partial charge in [-0.2, -0.15) is 0 Å². The monoisotopic (exact) mass is 480 g/mol. The van der Waals surface area contributed by atoms with E-state index in [2.05, 4.69) is 10.6 Å². The highest BCUT2D eigenvalue weighted by molar-refractivity contribution is 5.87. The van der Waals surface area contributed by atoms with Crippen LogP contribution in [0.25, 0.3) is 0 Å². The molecular formula is C27H32N2O6. The lowest BCUT2D eigenvalue weighted by Gasteiger charge is -2.14. The predicted octanol–water partition coefficient (Wildman–Crippen LogP) is 3.38. The number of Topliss-reactive ketones (excluding diaryl/α,β-unsaturated/α-hetero) is 2. The molecule has 0 radical (unpaired) electrons. The first kappa shape index (κ1) is 27.4. The lowest BCUT2D eigenvalue weighted by atomic mass is 10.2. The van der Waals surface area contributed by atoms with E-state index in [1.165, 1.54) is 6.07 Å². The van der Waals surface area contributed by atoms with E-state index in [0.29, 0.717) is 12.3 Å². The van der Waals surface area contributed by atoms with Crippen molar-refractivity contribution in [1.82, 2.24) is 0 Å². The number of aromatic hydroxyl groups is 1. The molecule has 3 aromatic carbocycles. The lowest BCUT2D eigenvalue weighted by Crippen LogP contribution is -2.28. The van der Waals surface area contributed by atoms with Crippen LogP contribution in [0.4, 0.5) is 11.4 Å². The number of ketones is 2. The minimum Gasteiger partial charge on any atom is -0.508 e. The Hall–Kier alpha value is -3.88. The molecule has 0 aromatic heterocycles. The first-order valence-corrected chi connectivity index (χ1v) is 11.2. The van der Waals surface area contributed by atoms with Crippen LogP contribution in [0.1, 0.15) is 19.4 Å². The molecule has 0 aliphatic carbocycles. The number of hydrogen-bond acceptors (Lipinski definition) is 8. The molecule has 0 saturated heterocycles. The Balaban J connectivity index is 0.000000269. The summed E-state index contributed by atoms with van der Waals surface area (Å²) >= 11 is 0. The third-order valence-corrected chi connectivity index (χ3v) is 4.97. The molecule has 0 unspecified atom stereocenters. The first-order chi connectivity index (χ1) is 16.8. The maximum Gasteiger partial charge on any atom is 0.179 e. The fraction of sp³-hybridized carbons (Fsp3) is 0.259. The van der Waals surface area contributed by atoms with Crippen LogP contribution >= 0.6 is 0 Å². The number of aliphatic hydroxyl groups excluding tert-OH is 2. The van der Waals surface area contributed by atoms with Gasteiger partial charge in [0.1, 0.15) is 31.3 Å². The molecule has 8 heteroatoms. The number of phenols is 1. The van der Waals surface area contributed by atoms with Crippen LogP contribution in [0.5, 0.6) is 11.5 Å². The number of nitrogens with one attached hydrogen (secondary N) is 2. The Labute approximate surface area is 205 Å². The average Bonchev–Trinajstić information content (AvgIpc) is 2.87. The summed E-state index contributed by atoms with van der Waals surface area (Å²) < 4.78 is 5.73. The van der Waals surface area contributed by atoms with Crippen molar-refractivity contribution in [3.05, 3.63) is 84.4 Å². The standard InChI is InChI=1S/C17H19NO3.C10H13NO3/c1-13(17(20)11-19)18-15-8-5-9-16(10-15)21-12-14-6-3-2-4-7-14;1-7(10(14)6-12)11-8-3-2-4-9(13)5-8/h2-10,13,18-19H,11-12H2,1H3;2-5,7,11-13H,6H2,1H3/t13-;7-/m11/s1. The van der Waals surface area contributed by atoms with Crippen molar-refractivity contribution in [1.29, 1.82) is 0 Å². The molecule has 5 N–H and O–H groups in total. The summed E-state index contributed by atoms with van der Waals surface area (Å²) in [6, 6.07) is 22.9. The van der Waals surface area contributed by atoms with E-state index < -0.39 is 25.3 Å². The number of hydrogen-bond donors (Lipinski definition) is 5. The second kappa shape index (κ2) is 14.4. The minimum absolute atomic E-state index is 0.138. The van der Waals surface area contributed by atoms with E-state index in [1.54, 1.807) is 32.0 Å². The maximum atomic E-state index is 11.4. The van der Waals surface area contributed by atoms with Gasteiger partial charge in [0.2, 0.25) is 0 Å². The number of phenolic OH excluding ortho intramolecular Hbond substituents is 1. The SMILES string of the molecule is C[C@@H](Nc1cccc(O)c1)C(=O)CO.C[C@@H](Nc1cccc(OCc2ccccc2)c1)C(=O)CO. The molecule has 0 saturated carbocycles. The van der Waals surface area contributed by atoms with Gasteiger partial charge in [0.25, 0.3) is 0 Å². The smallest absolute Gasteiger partial charge is 0.179 e. The van der Waals surface area contributed by atoms with Gasteiger partial charge >= 0.3 is 0 Å². The van der Waals surface area contributed by atoms with Crippen molar-refractivity contribution in [2.45, 2.75) is 32.5 Å². The van der Waals surface area contributed by atoms with Crippen molar-refractivity contribution in [3.8, 4) is 11.5 Å². The van der Waals surface area contributed by atoms with E-state index in [1.807, 2.05) is 54.6 Å². The maximum absolute atomic E-state index is 11.4. The Morgan fingerprint density at radius 2 is 1.31 bits per heavy atom. The van der Waals surface area contributed by atoms with E-state index in [4.69, 9.17) is 20.1 Å². The predicted molar refractivity (Wildman–Crippen MR) is 136 cm³/mol. The van der Waals surface area contributed by atoms with Gasteiger partial charge in [-0.25, -0.2) is 0 Å². The van der Waals surface area contributed by atoms with Crippen molar-refractivity contribution in [3.63, 3.8) is 0 Å². The van der Waals surface area contributed by atoms with Crippen LogP contribution < -0.4 is 15.4 Å². The normalized spacial score (nSPS) is 11.9. The summed E-state index contributed by atoms with van der Waals surface area (Å²) in [5.41, 5.74) is 2.54. The zero-order chi connectivity index (χ0) is 25.6. The third kappa shape index (κ3) is 9.87. The molecule has 8 nitrogen and oxygen atoms in total. The molecule has 0 heterocycles. The van der Waals surface area contributed by atoms with Crippen LogP contribution in [0.15, 0.2) is 78.9 Å². The quantitative estimate of drug-likeness (QED) is 0.283. The van der Waals surface area contributed by atoms with E-state index in [9.17, 15) is 9.59 Å². The number of carbonyl (C=O) groups is 2. The van der Waals surface area contributed by atoms with Gasteiger partial charge in [0.15, 0.2) is 11.6 Å². The van der Waals surface area contributed by atoms with Crippen LogP contribution in [0.2, 0.25) is 0 Å². The number of aliphatic hydroxyl groups is 2. The van der Waals surface area contributed by atoms with Gasteiger partial charge < -0.3 is 30.7 Å². The summed E-state index contributed by atoms with van der Waals surface area (Å²) in [6.45, 7) is 2.93. The number of anilines is 2. The molecule has 0 spiro atoms. The third-order valence-electron chi connectivity index (χ3n) is 4.97. The average molecular weight is 481 g/mol. The summed E-state index contributed by atoms with van der Waals surface area (Å²) in [5, 5.41) is 32.5. The molecule has 0 aliphatic rings. The Kier molecular flexibility index (Phi) is 11.3. The summed E-state index contributed by atoms with van der Waals surface area (Å²) in [5.74, 6) is 0.338. The molecule has 35 heavy (non-hydrogen) atoms.